The summed E-state index contributed by atoms with van der Waals surface area (Å²) < 4.78 is 0. The number of para-hydroxylation sites is 1. The zero-order valence-corrected chi connectivity index (χ0v) is 13.3. The summed E-state index contributed by atoms with van der Waals surface area (Å²) in [7, 11) is 0. The van der Waals surface area contributed by atoms with E-state index in [0.717, 1.165) is 25.9 Å². The molecule has 0 saturated carbocycles. The number of rotatable bonds is 3. The Hall–Kier alpha value is -1.55. The minimum Gasteiger partial charge on any atom is -0.341 e. The van der Waals surface area contributed by atoms with E-state index in [9.17, 15) is 9.59 Å². The van der Waals surface area contributed by atoms with Crippen molar-refractivity contribution in [2.45, 2.75) is 26.7 Å². The molecule has 5 heteroatoms. The Morgan fingerprint density at radius 2 is 1.90 bits per heavy atom. The fourth-order valence-corrected chi connectivity index (χ4v) is 2.77. The van der Waals surface area contributed by atoms with E-state index in [1.165, 1.54) is 11.8 Å². The molecule has 1 heterocycles. The van der Waals surface area contributed by atoms with E-state index in [4.69, 9.17) is 11.6 Å². The van der Waals surface area contributed by atoms with Gasteiger partial charge in [0.25, 0.3) is 0 Å². The number of carbonyl (C=O) groups excluding carboxylic acids is 2. The van der Waals surface area contributed by atoms with Gasteiger partial charge in [0.05, 0.1) is 10.7 Å². The lowest BCUT2D eigenvalue weighted by Gasteiger charge is -2.32. The standard InChI is InChI=1S/C16H21ClN2O2/c1-12-7-9-18(10-8-12)16(21)11-19(13(2)20)15-6-4-3-5-14(15)17/h3-6,12H,7-11H2,1-2H3. The summed E-state index contributed by atoms with van der Waals surface area (Å²) in [5, 5.41) is 0.479. The number of hydrogen-bond acceptors (Lipinski definition) is 2. The van der Waals surface area contributed by atoms with Gasteiger partial charge in [0, 0.05) is 20.0 Å². The Balaban J connectivity index is 2.08. The fourth-order valence-electron chi connectivity index (χ4n) is 2.53. The van der Waals surface area contributed by atoms with Crippen molar-refractivity contribution in [1.29, 1.82) is 0 Å². The van der Waals surface area contributed by atoms with E-state index in [2.05, 4.69) is 6.92 Å². The van der Waals surface area contributed by atoms with Gasteiger partial charge in [0.15, 0.2) is 0 Å². The van der Waals surface area contributed by atoms with Crippen LogP contribution in [-0.2, 0) is 9.59 Å². The van der Waals surface area contributed by atoms with Crippen LogP contribution >= 0.6 is 11.6 Å². The van der Waals surface area contributed by atoms with Crippen LogP contribution in [0, 0.1) is 5.92 Å². The number of piperidine rings is 1. The lowest BCUT2D eigenvalue weighted by Crippen LogP contribution is -2.45. The number of carbonyl (C=O) groups is 2. The lowest BCUT2D eigenvalue weighted by atomic mass is 9.99. The highest BCUT2D eigenvalue weighted by Gasteiger charge is 2.24. The summed E-state index contributed by atoms with van der Waals surface area (Å²) in [4.78, 5) is 27.5. The maximum absolute atomic E-state index is 12.4. The van der Waals surface area contributed by atoms with Gasteiger partial charge in [-0.2, -0.15) is 0 Å². The third kappa shape index (κ3) is 3.97. The highest BCUT2D eigenvalue weighted by Crippen LogP contribution is 2.25. The number of nitrogens with zero attached hydrogens (tertiary/aromatic N) is 2. The molecule has 4 nitrogen and oxygen atoms in total. The number of hydrogen-bond donors (Lipinski definition) is 0. The first-order valence-electron chi connectivity index (χ1n) is 7.29. The predicted octanol–water partition coefficient (Wildman–Crippen LogP) is 2.95. The molecule has 1 aromatic rings. The topological polar surface area (TPSA) is 40.6 Å². The molecule has 1 aromatic carbocycles. The minimum atomic E-state index is -0.179. The van der Waals surface area contributed by atoms with E-state index in [-0.39, 0.29) is 18.4 Å². The van der Waals surface area contributed by atoms with Gasteiger partial charge in [-0.15, -0.1) is 0 Å². The summed E-state index contributed by atoms with van der Waals surface area (Å²) in [6.07, 6.45) is 2.05. The molecular formula is C16H21ClN2O2. The first-order chi connectivity index (χ1) is 9.99. The van der Waals surface area contributed by atoms with E-state index in [1.54, 1.807) is 18.2 Å². The van der Waals surface area contributed by atoms with Gasteiger partial charge in [0.2, 0.25) is 11.8 Å². The normalized spacial score (nSPS) is 15.9. The highest BCUT2D eigenvalue weighted by molar-refractivity contribution is 6.33. The average molecular weight is 309 g/mol. The van der Waals surface area contributed by atoms with Crippen LogP contribution in [0.15, 0.2) is 24.3 Å². The van der Waals surface area contributed by atoms with Gasteiger partial charge in [-0.3, -0.25) is 9.59 Å². The molecule has 114 valence electrons. The molecule has 1 saturated heterocycles. The van der Waals surface area contributed by atoms with E-state index < -0.39 is 0 Å². The van der Waals surface area contributed by atoms with E-state index in [1.807, 2.05) is 11.0 Å². The number of amides is 2. The molecule has 0 atom stereocenters. The molecule has 0 spiro atoms. The van der Waals surface area contributed by atoms with Crippen molar-refractivity contribution in [1.82, 2.24) is 4.90 Å². The molecule has 0 aliphatic carbocycles. The second kappa shape index (κ2) is 6.94. The van der Waals surface area contributed by atoms with Crippen molar-refractivity contribution in [3.8, 4) is 0 Å². The van der Waals surface area contributed by atoms with Gasteiger partial charge in [-0.05, 0) is 30.9 Å². The Kier molecular flexibility index (Phi) is 5.23. The van der Waals surface area contributed by atoms with Crippen LogP contribution < -0.4 is 4.90 Å². The Morgan fingerprint density at radius 3 is 2.48 bits per heavy atom. The van der Waals surface area contributed by atoms with Crippen molar-refractivity contribution in [3.05, 3.63) is 29.3 Å². The smallest absolute Gasteiger partial charge is 0.242 e. The van der Waals surface area contributed by atoms with Crippen LogP contribution in [0.1, 0.15) is 26.7 Å². The van der Waals surface area contributed by atoms with Crippen LogP contribution in [0.2, 0.25) is 5.02 Å². The Bertz CT molecular complexity index is 525. The second-order valence-corrected chi connectivity index (χ2v) is 6.03. The molecule has 1 aliphatic rings. The molecule has 0 bridgehead atoms. The number of anilines is 1. The molecule has 0 radical (unpaired) electrons. The van der Waals surface area contributed by atoms with Gasteiger partial charge < -0.3 is 9.80 Å². The highest BCUT2D eigenvalue weighted by atomic mass is 35.5. The van der Waals surface area contributed by atoms with Crippen LogP contribution in [-0.4, -0.2) is 36.3 Å². The molecular weight excluding hydrogens is 288 g/mol. The third-order valence-corrected chi connectivity index (χ3v) is 4.27. The monoisotopic (exact) mass is 308 g/mol. The largest absolute Gasteiger partial charge is 0.341 e. The molecule has 0 unspecified atom stereocenters. The number of likely N-dealkylation sites (tertiary alicyclic amines) is 1. The van der Waals surface area contributed by atoms with Crippen LogP contribution in [0.5, 0.6) is 0 Å². The summed E-state index contributed by atoms with van der Waals surface area (Å²) in [5.41, 5.74) is 0.588. The quantitative estimate of drug-likeness (QED) is 0.861. The Labute approximate surface area is 130 Å². The third-order valence-electron chi connectivity index (χ3n) is 3.95. The van der Waals surface area contributed by atoms with E-state index in [0.29, 0.717) is 16.6 Å². The summed E-state index contributed by atoms with van der Waals surface area (Å²) in [5.74, 6) is 0.473. The maximum atomic E-state index is 12.4. The maximum Gasteiger partial charge on any atom is 0.242 e. The average Bonchev–Trinajstić information content (AvgIpc) is 2.46. The van der Waals surface area contributed by atoms with Crippen molar-refractivity contribution in [2.24, 2.45) is 5.92 Å². The van der Waals surface area contributed by atoms with Gasteiger partial charge in [-0.1, -0.05) is 30.7 Å². The van der Waals surface area contributed by atoms with Gasteiger partial charge in [0.1, 0.15) is 6.54 Å². The first-order valence-corrected chi connectivity index (χ1v) is 7.67. The summed E-state index contributed by atoms with van der Waals surface area (Å²) in [6, 6.07) is 7.09. The Morgan fingerprint density at radius 1 is 1.29 bits per heavy atom. The molecule has 0 aromatic heterocycles. The fraction of sp³-hybridized carbons (Fsp3) is 0.500. The molecule has 2 rings (SSSR count). The zero-order chi connectivity index (χ0) is 15.4. The van der Waals surface area contributed by atoms with Gasteiger partial charge in [-0.25, -0.2) is 0 Å². The summed E-state index contributed by atoms with van der Waals surface area (Å²) >= 11 is 6.13. The van der Waals surface area contributed by atoms with Crippen molar-refractivity contribution < 1.29 is 9.59 Å². The second-order valence-electron chi connectivity index (χ2n) is 5.62. The van der Waals surface area contributed by atoms with Crippen LogP contribution in [0.25, 0.3) is 0 Å². The van der Waals surface area contributed by atoms with Crippen molar-refractivity contribution in [2.75, 3.05) is 24.5 Å². The number of benzene rings is 1. The zero-order valence-electron chi connectivity index (χ0n) is 12.5. The van der Waals surface area contributed by atoms with Crippen molar-refractivity contribution in [3.63, 3.8) is 0 Å². The van der Waals surface area contributed by atoms with Crippen LogP contribution in [0.3, 0.4) is 0 Å². The number of halogens is 1. The first kappa shape index (κ1) is 15.8. The minimum absolute atomic E-state index is 0.0166. The van der Waals surface area contributed by atoms with Crippen molar-refractivity contribution >= 4 is 29.1 Å². The van der Waals surface area contributed by atoms with Crippen LogP contribution in [0.4, 0.5) is 5.69 Å². The summed E-state index contributed by atoms with van der Waals surface area (Å²) in [6.45, 7) is 5.25. The SMILES string of the molecule is CC(=O)N(CC(=O)N1CCC(C)CC1)c1ccccc1Cl. The molecule has 2 amide bonds. The van der Waals surface area contributed by atoms with E-state index >= 15 is 0 Å². The molecule has 0 N–H and O–H groups in total. The molecule has 1 fully saturated rings. The molecule has 1 aliphatic heterocycles. The predicted molar refractivity (Wildman–Crippen MR) is 84.5 cm³/mol. The van der Waals surface area contributed by atoms with Gasteiger partial charge >= 0.3 is 0 Å². The molecule has 21 heavy (non-hydrogen) atoms. The lowest BCUT2D eigenvalue weighted by molar-refractivity contribution is -0.132.